The first-order valence-electron chi connectivity index (χ1n) is 12.3. The lowest BCUT2D eigenvalue weighted by molar-refractivity contribution is -0.117. The summed E-state index contributed by atoms with van der Waals surface area (Å²) >= 11 is 0. The number of benzene rings is 2. The number of anilines is 1. The quantitative estimate of drug-likeness (QED) is 0.429. The molecule has 10 heteroatoms. The Labute approximate surface area is 219 Å². The van der Waals surface area contributed by atoms with Gasteiger partial charge in [0.2, 0.25) is 11.8 Å². The summed E-state index contributed by atoms with van der Waals surface area (Å²) in [5.74, 6) is -1.02. The highest BCUT2D eigenvalue weighted by Gasteiger charge is 2.28. The Morgan fingerprint density at radius 1 is 1.00 bits per heavy atom. The lowest BCUT2D eigenvalue weighted by Gasteiger charge is -2.32. The number of aromatic nitrogens is 2. The molecule has 4 rings (SSSR count). The van der Waals surface area contributed by atoms with E-state index in [1.165, 1.54) is 18.2 Å². The van der Waals surface area contributed by atoms with Crippen molar-refractivity contribution in [3.8, 4) is 0 Å². The second-order valence-electron chi connectivity index (χ2n) is 9.11. The van der Waals surface area contributed by atoms with Crippen molar-refractivity contribution in [2.45, 2.75) is 38.8 Å². The number of aryl methyl sites for hydroxylation is 1. The van der Waals surface area contributed by atoms with Crippen LogP contribution in [0.4, 0.5) is 14.5 Å². The van der Waals surface area contributed by atoms with Crippen molar-refractivity contribution >= 4 is 23.4 Å². The van der Waals surface area contributed by atoms with Crippen LogP contribution in [0, 0.1) is 6.92 Å². The highest BCUT2D eigenvalue weighted by atomic mass is 19.3. The molecule has 1 aliphatic rings. The van der Waals surface area contributed by atoms with E-state index >= 15 is 0 Å². The first-order chi connectivity index (χ1) is 18.3. The lowest BCUT2D eigenvalue weighted by Crippen LogP contribution is -2.39. The number of piperidine rings is 1. The number of amides is 3. The number of nitrogens with one attached hydrogen (secondary N) is 2. The van der Waals surface area contributed by atoms with E-state index in [4.69, 9.17) is 0 Å². The van der Waals surface area contributed by atoms with Crippen LogP contribution >= 0.6 is 0 Å². The molecule has 38 heavy (non-hydrogen) atoms. The molecule has 0 bridgehead atoms. The van der Waals surface area contributed by atoms with E-state index in [1.807, 2.05) is 42.5 Å². The maximum absolute atomic E-state index is 13.2. The summed E-state index contributed by atoms with van der Waals surface area (Å²) in [6.07, 6.45) is 3.76. The van der Waals surface area contributed by atoms with Crippen molar-refractivity contribution in [1.82, 2.24) is 20.0 Å². The van der Waals surface area contributed by atoms with Gasteiger partial charge in [0, 0.05) is 37.5 Å². The van der Waals surface area contributed by atoms with E-state index in [2.05, 4.69) is 15.7 Å². The molecule has 1 aromatic heterocycles. The van der Waals surface area contributed by atoms with E-state index in [1.54, 1.807) is 24.0 Å². The Hall–Kier alpha value is -4.34. The Morgan fingerprint density at radius 3 is 2.32 bits per heavy atom. The third-order valence-electron chi connectivity index (χ3n) is 6.39. The molecular weight excluding hydrogens is 492 g/mol. The van der Waals surface area contributed by atoms with Crippen molar-refractivity contribution in [1.29, 1.82) is 0 Å². The van der Waals surface area contributed by atoms with Gasteiger partial charge in [-0.05, 0) is 55.0 Å². The molecule has 2 heterocycles. The van der Waals surface area contributed by atoms with Crippen LogP contribution in [-0.2, 0) is 16.1 Å². The fourth-order valence-electron chi connectivity index (χ4n) is 4.42. The largest absolute Gasteiger partial charge is 0.348 e. The van der Waals surface area contributed by atoms with Gasteiger partial charge in [0.05, 0.1) is 5.69 Å². The Balaban J connectivity index is 1.24. The highest BCUT2D eigenvalue weighted by molar-refractivity contribution is 6.03. The van der Waals surface area contributed by atoms with Crippen LogP contribution in [0.3, 0.4) is 0 Å². The molecule has 0 atom stereocenters. The number of carbonyl (C=O) groups is 3. The molecule has 0 saturated carbocycles. The van der Waals surface area contributed by atoms with Crippen molar-refractivity contribution in [2.75, 3.05) is 18.4 Å². The summed E-state index contributed by atoms with van der Waals surface area (Å²) in [5.41, 5.74) is 2.90. The molecule has 3 aromatic rings. The minimum Gasteiger partial charge on any atom is -0.348 e. The zero-order valence-electron chi connectivity index (χ0n) is 20.9. The molecule has 1 aliphatic heterocycles. The highest BCUT2D eigenvalue weighted by Crippen LogP contribution is 2.30. The molecule has 0 aliphatic carbocycles. The molecule has 0 radical (unpaired) electrons. The molecular formula is C28H29F2N5O3. The third-order valence-corrected chi connectivity index (χ3v) is 6.39. The number of nitrogens with zero attached hydrogens (tertiary/aromatic N) is 3. The van der Waals surface area contributed by atoms with Crippen molar-refractivity contribution < 1.29 is 23.2 Å². The van der Waals surface area contributed by atoms with Crippen LogP contribution < -0.4 is 10.6 Å². The number of carbonyl (C=O) groups excluding carboxylic acids is 3. The number of likely N-dealkylation sites (tertiary alicyclic amines) is 1. The zero-order chi connectivity index (χ0) is 27.1. The van der Waals surface area contributed by atoms with Crippen LogP contribution in [0.2, 0.25) is 0 Å². The number of hydrogen-bond acceptors (Lipinski definition) is 4. The summed E-state index contributed by atoms with van der Waals surface area (Å²) in [6.45, 7) is -0.0142. The predicted molar refractivity (Wildman–Crippen MR) is 139 cm³/mol. The average Bonchev–Trinajstić information content (AvgIpc) is 3.33. The predicted octanol–water partition coefficient (Wildman–Crippen LogP) is 4.42. The molecule has 198 valence electrons. The molecule has 2 aromatic carbocycles. The van der Waals surface area contributed by atoms with Gasteiger partial charge in [0.25, 0.3) is 5.91 Å². The van der Waals surface area contributed by atoms with E-state index in [9.17, 15) is 23.2 Å². The van der Waals surface area contributed by atoms with Crippen LogP contribution in [0.25, 0.3) is 0 Å². The van der Waals surface area contributed by atoms with Crippen LogP contribution in [0.5, 0.6) is 0 Å². The van der Waals surface area contributed by atoms with Crippen molar-refractivity contribution in [2.24, 2.45) is 0 Å². The van der Waals surface area contributed by atoms with Gasteiger partial charge in [-0.15, -0.1) is 0 Å². The van der Waals surface area contributed by atoms with Gasteiger partial charge in [-0.2, -0.15) is 18.6 Å². The summed E-state index contributed by atoms with van der Waals surface area (Å²) < 4.78 is 26.9. The zero-order valence-corrected chi connectivity index (χ0v) is 20.9. The first-order valence-corrected chi connectivity index (χ1v) is 12.3. The standard InChI is InChI=1S/C28H29F2N5O3/c1-19-17-24(35(33-19)28(29)30)27(38)34-15-13-22(14-16-34)21-7-9-23(10-8-21)32-26(37)12-11-25(36)31-18-20-5-3-2-4-6-20/h2-12,17,22,28H,13-16,18H2,1H3,(H,31,36)(H,32,37)/b12-11+. The van der Waals surface area contributed by atoms with E-state index in [-0.39, 0.29) is 17.5 Å². The topological polar surface area (TPSA) is 96.3 Å². The van der Waals surface area contributed by atoms with Gasteiger partial charge in [-0.3, -0.25) is 14.4 Å². The van der Waals surface area contributed by atoms with Crippen molar-refractivity contribution in [3.63, 3.8) is 0 Å². The second-order valence-corrected chi connectivity index (χ2v) is 9.11. The van der Waals surface area contributed by atoms with Crippen LogP contribution in [-0.4, -0.2) is 45.5 Å². The van der Waals surface area contributed by atoms with Gasteiger partial charge < -0.3 is 15.5 Å². The summed E-state index contributed by atoms with van der Waals surface area (Å²) in [4.78, 5) is 38.5. The van der Waals surface area contributed by atoms with Gasteiger partial charge in [0.1, 0.15) is 5.69 Å². The average molecular weight is 522 g/mol. The van der Waals surface area contributed by atoms with Crippen molar-refractivity contribution in [3.05, 3.63) is 95.3 Å². The fourth-order valence-corrected chi connectivity index (χ4v) is 4.42. The maximum atomic E-state index is 13.2. The Kier molecular flexibility index (Phi) is 8.62. The van der Waals surface area contributed by atoms with E-state index < -0.39 is 18.4 Å². The molecule has 2 N–H and O–H groups in total. The fraction of sp³-hybridized carbons (Fsp3) is 0.286. The monoisotopic (exact) mass is 521 g/mol. The van der Waals surface area contributed by atoms with Gasteiger partial charge >= 0.3 is 6.55 Å². The Morgan fingerprint density at radius 2 is 1.66 bits per heavy atom. The Bertz CT molecular complexity index is 1300. The number of alkyl halides is 2. The second kappa shape index (κ2) is 12.3. The molecule has 0 spiro atoms. The lowest BCUT2D eigenvalue weighted by atomic mass is 9.89. The van der Waals surface area contributed by atoms with Gasteiger partial charge in [-0.1, -0.05) is 42.5 Å². The first kappa shape index (κ1) is 26.7. The molecule has 1 fully saturated rings. The number of halogens is 2. The number of rotatable bonds is 8. The van der Waals surface area contributed by atoms with Gasteiger partial charge in [-0.25, -0.2) is 0 Å². The van der Waals surface area contributed by atoms with E-state index in [0.29, 0.717) is 48.5 Å². The smallest absolute Gasteiger partial charge is 0.333 e. The SMILES string of the molecule is Cc1cc(C(=O)N2CCC(c3ccc(NC(=O)/C=C/C(=O)NCc4ccccc4)cc3)CC2)n(C(F)F)n1. The maximum Gasteiger partial charge on any atom is 0.333 e. The summed E-state index contributed by atoms with van der Waals surface area (Å²) in [7, 11) is 0. The van der Waals surface area contributed by atoms with Gasteiger partial charge in [0.15, 0.2) is 0 Å². The number of hydrogen-bond donors (Lipinski definition) is 2. The minimum absolute atomic E-state index is 0.0984. The summed E-state index contributed by atoms with van der Waals surface area (Å²) in [5, 5.41) is 9.17. The molecule has 1 saturated heterocycles. The van der Waals surface area contributed by atoms with Crippen LogP contribution in [0.15, 0.2) is 72.8 Å². The minimum atomic E-state index is -2.87. The molecule has 3 amide bonds. The summed E-state index contributed by atoms with van der Waals surface area (Å²) in [6, 6.07) is 18.3. The van der Waals surface area contributed by atoms with Crippen LogP contribution in [0.1, 0.15) is 52.6 Å². The van der Waals surface area contributed by atoms with E-state index in [0.717, 1.165) is 11.1 Å². The third kappa shape index (κ3) is 6.90. The normalized spacial score (nSPS) is 14.2. The molecule has 0 unspecified atom stereocenters. The molecule has 8 nitrogen and oxygen atoms in total.